The highest BCUT2D eigenvalue weighted by molar-refractivity contribution is 6.33. The van der Waals surface area contributed by atoms with E-state index in [-0.39, 0.29) is 31.4 Å². The fourth-order valence-electron chi connectivity index (χ4n) is 2.11. The van der Waals surface area contributed by atoms with Gasteiger partial charge in [-0.3, -0.25) is 9.59 Å². The molecule has 2 aromatic rings. The van der Waals surface area contributed by atoms with Crippen LogP contribution in [0, 0.1) is 0 Å². The summed E-state index contributed by atoms with van der Waals surface area (Å²) in [7, 11) is 0. The SMILES string of the molecule is CCOC(=O)CCN(Cc1ccco1)C(=O)c1ccccc1Cl. The summed E-state index contributed by atoms with van der Waals surface area (Å²) in [6, 6.07) is 10.3. The van der Waals surface area contributed by atoms with Crippen molar-refractivity contribution in [3.05, 3.63) is 59.0 Å². The minimum Gasteiger partial charge on any atom is -0.467 e. The van der Waals surface area contributed by atoms with E-state index in [0.29, 0.717) is 23.0 Å². The van der Waals surface area contributed by atoms with Crippen molar-refractivity contribution in [1.82, 2.24) is 4.90 Å². The molecule has 0 saturated heterocycles. The van der Waals surface area contributed by atoms with Gasteiger partial charge in [-0.05, 0) is 31.2 Å². The zero-order chi connectivity index (χ0) is 16.7. The second-order valence-electron chi connectivity index (χ2n) is 4.84. The number of amides is 1. The van der Waals surface area contributed by atoms with Crippen LogP contribution in [-0.2, 0) is 16.1 Å². The summed E-state index contributed by atoms with van der Waals surface area (Å²) >= 11 is 6.09. The van der Waals surface area contributed by atoms with Gasteiger partial charge >= 0.3 is 5.97 Å². The van der Waals surface area contributed by atoms with Gasteiger partial charge in [-0.25, -0.2) is 0 Å². The van der Waals surface area contributed by atoms with Crippen molar-refractivity contribution in [2.45, 2.75) is 19.9 Å². The summed E-state index contributed by atoms with van der Waals surface area (Å²) in [5, 5.41) is 0.373. The molecule has 23 heavy (non-hydrogen) atoms. The summed E-state index contributed by atoms with van der Waals surface area (Å²) in [6.45, 7) is 2.54. The van der Waals surface area contributed by atoms with Gasteiger partial charge in [0, 0.05) is 6.54 Å². The zero-order valence-corrected chi connectivity index (χ0v) is 13.6. The fourth-order valence-corrected chi connectivity index (χ4v) is 2.32. The first-order valence-electron chi connectivity index (χ1n) is 7.33. The number of rotatable bonds is 7. The Morgan fingerprint density at radius 2 is 2.00 bits per heavy atom. The molecule has 1 amide bonds. The predicted molar refractivity (Wildman–Crippen MR) is 86.2 cm³/mol. The van der Waals surface area contributed by atoms with Gasteiger partial charge in [0.2, 0.25) is 0 Å². The summed E-state index contributed by atoms with van der Waals surface area (Å²) in [5.74, 6) is 0.0365. The second kappa shape index (κ2) is 8.39. The van der Waals surface area contributed by atoms with Crippen LogP contribution in [0.1, 0.15) is 29.5 Å². The number of halogens is 1. The zero-order valence-electron chi connectivity index (χ0n) is 12.8. The lowest BCUT2D eigenvalue weighted by Crippen LogP contribution is -2.33. The van der Waals surface area contributed by atoms with Crippen LogP contribution in [0.5, 0.6) is 0 Å². The number of nitrogens with zero attached hydrogens (tertiary/aromatic N) is 1. The van der Waals surface area contributed by atoms with E-state index in [1.807, 2.05) is 0 Å². The first-order valence-corrected chi connectivity index (χ1v) is 7.71. The lowest BCUT2D eigenvalue weighted by atomic mass is 10.2. The molecule has 0 spiro atoms. The molecule has 0 aliphatic heterocycles. The molecule has 5 nitrogen and oxygen atoms in total. The monoisotopic (exact) mass is 335 g/mol. The minimum atomic E-state index is -0.344. The first kappa shape index (κ1) is 17.1. The molecule has 0 aliphatic rings. The molecule has 0 N–H and O–H groups in total. The molecule has 0 saturated carbocycles. The quantitative estimate of drug-likeness (QED) is 0.726. The van der Waals surface area contributed by atoms with Crippen LogP contribution in [0.3, 0.4) is 0 Å². The molecule has 1 aromatic carbocycles. The molecular formula is C17H18ClNO4. The molecule has 0 unspecified atom stereocenters. The molecule has 0 bridgehead atoms. The molecular weight excluding hydrogens is 318 g/mol. The molecule has 122 valence electrons. The number of carbonyl (C=O) groups is 2. The van der Waals surface area contributed by atoms with Gasteiger partial charge in [-0.15, -0.1) is 0 Å². The molecule has 1 aromatic heterocycles. The third-order valence-corrected chi connectivity index (χ3v) is 3.54. The van der Waals surface area contributed by atoms with Crippen LogP contribution in [0.4, 0.5) is 0 Å². The maximum absolute atomic E-state index is 12.7. The van der Waals surface area contributed by atoms with Crippen LogP contribution in [0.15, 0.2) is 47.1 Å². The molecule has 0 radical (unpaired) electrons. The van der Waals surface area contributed by atoms with Gasteiger partial charge < -0.3 is 14.1 Å². The van der Waals surface area contributed by atoms with E-state index >= 15 is 0 Å². The number of carbonyl (C=O) groups excluding carboxylic acids is 2. The molecule has 0 fully saturated rings. The molecule has 1 heterocycles. The number of ether oxygens (including phenoxy) is 1. The Morgan fingerprint density at radius 3 is 2.65 bits per heavy atom. The van der Waals surface area contributed by atoms with Gasteiger partial charge in [0.15, 0.2) is 0 Å². The number of hydrogen-bond donors (Lipinski definition) is 0. The Kier molecular flexibility index (Phi) is 6.23. The van der Waals surface area contributed by atoms with E-state index in [1.54, 1.807) is 49.6 Å². The molecule has 0 atom stereocenters. The Balaban J connectivity index is 2.13. The number of furan rings is 1. The smallest absolute Gasteiger partial charge is 0.307 e. The van der Waals surface area contributed by atoms with Crippen LogP contribution >= 0.6 is 11.6 Å². The molecule has 0 aliphatic carbocycles. The fraction of sp³-hybridized carbons (Fsp3) is 0.294. The Hall–Kier alpha value is -2.27. The van der Waals surface area contributed by atoms with Gasteiger partial charge in [0.1, 0.15) is 5.76 Å². The lowest BCUT2D eigenvalue weighted by molar-refractivity contribution is -0.143. The van der Waals surface area contributed by atoms with Crippen LogP contribution in [0.2, 0.25) is 5.02 Å². The van der Waals surface area contributed by atoms with Crippen molar-refractivity contribution >= 4 is 23.5 Å². The Labute approximate surface area is 139 Å². The summed E-state index contributed by atoms with van der Waals surface area (Å²) in [5.41, 5.74) is 0.393. The number of hydrogen-bond acceptors (Lipinski definition) is 4. The van der Waals surface area contributed by atoms with E-state index in [9.17, 15) is 9.59 Å². The van der Waals surface area contributed by atoms with Crippen LogP contribution in [-0.4, -0.2) is 29.9 Å². The van der Waals surface area contributed by atoms with Gasteiger partial charge in [-0.1, -0.05) is 23.7 Å². The van der Waals surface area contributed by atoms with E-state index in [2.05, 4.69) is 0 Å². The third kappa shape index (κ3) is 4.86. The lowest BCUT2D eigenvalue weighted by Gasteiger charge is -2.22. The van der Waals surface area contributed by atoms with Gasteiger partial charge in [0.05, 0.1) is 36.4 Å². The Morgan fingerprint density at radius 1 is 1.22 bits per heavy atom. The second-order valence-corrected chi connectivity index (χ2v) is 5.25. The summed E-state index contributed by atoms with van der Waals surface area (Å²) < 4.78 is 10.2. The van der Waals surface area contributed by atoms with Crippen LogP contribution < -0.4 is 0 Å². The van der Waals surface area contributed by atoms with E-state index in [4.69, 9.17) is 20.8 Å². The van der Waals surface area contributed by atoms with Crippen molar-refractivity contribution in [2.75, 3.05) is 13.2 Å². The van der Waals surface area contributed by atoms with Crippen LogP contribution in [0.25, 0.3) is 0 Å². The molecule has 6 heteroatoms. The standard InChI is InChI=1S/C17H18ClNO4/c1-2-22-16(20)9-10-19(12-13-6-5-11-23-13)17(21)14-7-3-4-8-15(14)18/h3-8,11H,2,9-10,12H2,1H3. The van der Waals surface area contributed by atoms with Crippen molar-refractivity contribution in [3.63, 3.8) is 0 Å². The maximum Gasteiger partial charge on any atom is 0.307 e. The highest BCUT2D eigenvalue weighted by Gasteiger charge is 2.20. The van der Waals surface area contributed by atoms with Crippen molar-refractivity contribution in [2.24, 2.45) is 0 Å². The topological polar surface area (TPSA) is 59.8 Å². The third-order valence-electron chi connectivity index (χ3n) is 3.21. The minimum absolute atomic E-state index is 0.116. The van der Waals surface area contributed by atoms with Crippen molar-refractivity contribution in [1.29, 1.82) is 0 Å². The summed E-state index contributed by atoms with van der Waals surface area (Å²) in [4.78, 5) is 25.8. The first-order chi connectivity index (χ1) is 11.1. The Bertz CT molecular complexity index is 654. The van der Waals surface area contributed by atoms with E-state index < -0.39 is 0 Å². The summed E-state index contributed by atoms with van der Waals surface area (Å²) in [6.07, 6.45) is 1.66. The largest absolute Gasteiger partial charge is 0.467 e. The van der Waals surface area contributed by atoms with Crippen molar-refractivity contribution < 1.29 is 18.7 Å². The highest BCUT2D eigenvalue weighted by Crippen LogP contribution is 2.19. The normalized spacial score (nSPS) is 10.3. The number of benzene rings is 1. The average Bonchev–Trinajstić information content (AvgIpc) is 3.04. The van der Waals surface area contributed by atoms with Gasteiger partial charge in [0.25, 0.3) is 5.91 Å². The van der Waals surface area contributed by atoms with Crippen molar-refractivity contribution in [3.8, 4) is 0 Å². The van der Waals surface area contributed by atoms with Gasteiger partial charge in [-0.2, -0.15) is 0 Å². The average molecular weight is 336 g/mol. The number of esters is 1. The highest BCUT2D eigenvalue weighted by atomic mass is 35.5. The molecule has 2 rings (SSSR count). The van der Waals surface area contributed by atoms with E-state index in [1.165, 1.54) is 4.90 Å². The van der Waals surface area contributed by atoms with E-state index in [0.717, 1.165) is 0 Å². The predicted octanol–water partition coefficient (Wildman–Crippen LogP) is 3.53. The maximum atomic E-state index is 12.7.